The van der Waals surface area contributed by atoms with Crippen LogP contribution >= 0.6 is 11.6 Å². The first-order valence-corrected chi connectivity index (χ1v) is 11.8. The molecule has 0 saturated carbocycles. The van der Waals surface area contributed by atoms with Crippen LogP contribution < -0.4 is 10.6 Å². The van der Waals surface area contributed by atoms with E-state index in [0.717, 1.165) is 12.1 Å². The number of amides is 1. The van der Waals surface area contributed by atoms with E-state index in [1.165, 1.54) is 18.2 Å². The van der Waals surface area contributed by atoms with Gasteiger partial charge in [-0.2, -0.15) is 4.98 Å². The number of nitrogens with two attached hydrogens (primary N) is 1. The number of piperidine rings is 1. The number of hydrogen-bond donors (Lipinski definition) is 1. The molecule has 32 heavy (non-hydrogen) atoms. The standard InChI is InChI=1S/C22H23ClFN3O4S/c1-3-5-17(18(23)4-2)20-26-21(32(29,30)16-8-6-15(24)7-9-16)22(31-20)27-12-10-14(11-13-27)19(25)28/h3-9,14H,2,10-13H2,1H3,(H2,25,28)/b5-3-,18-17-. The van der Waals surface area contributed by atoms with Gasteiger partial charge in [0.05, 0.1) is 15.5 Å². The molecule has 1 aromatic carbocycles. The van der Waals surface area contributed by atoms with Crippen molar-refractivity contribution < 1.29 is 22.0 Å². The molecule has 2 N–H and O–H groups in total. The topological polar surface area (TPSA) is 107 Å². The third-order valence-corrected chi connectivity index (χ3v) is 7.17. The Kier molecular flexibility index (Phi) is 7.20. The number of primary amides is 1. The first-order valence-electron chi connectivity index (χ1n) is 9.90. The molecule has 1 aliphatic heterocycles. The molecule has 0 radical (unpaired) electrons. The van der Waals surface area contributed by atoms with E-state index in [4.69, 9.17) is 21.8 Å². The van der Waals surface area contributed by atoms with Crippen LogP contribution in [0.1, 0.15) is 25.7 Å². The van der Waals surface area contributed by atoms with Crippen molar-refractivity contribution in [1.82, 2.24) is 4.98 Å². The summed E-state index contributed by atoms with van der Waals surface area (Å²) >= 11 is 6.25. The van der Waals surface area contributed by atoms with Gasteiger partial charge in [-0.25, -0.2) is 12.8 Å². The summed E-state index contributed by atoms with van der Waals surface area (Å²) in [6, 6.07) is 4.46. The molecule has 3 rings (SSSR count). The number of nitrogens with zero attached hydrogens (tertiary/aromatic N) is 2. The van der Waals surface area contributed by atoms with Crippen molar-refractivity contribution in [3.8, 4) is 0 Å². The Morgan fingerprint density at radius 3 is 2.47 bits per heavy atom. The molecule has 0 aliphatic carbocycles. The third-order valence-electron chi connectivity index (χ3n) is 5.14. The summed E-state index contributed by atoms with van der Waals surface area (Å²) in [4.78, 5) is 17.4. The summed E-state index contributed by atoms with van der Waals surface area (Å²) in [5.74, 6) is -1.21. The number of oxazole rings is 1. The minimum absolute atomic E-state index is 0.000659. The molecule has 0 bridgehead atoms. The molecule has 1 saturated heterocycles. The highest BCUT2D eigenvalue weighted by molar-refractivity contribution is 7.91. The van der Waals surface area contributed by atoms with Crippen molar-refractivity contribution in [2.75, 3.05) is 18.0 Å². The van der Waals surface area contributed by atoms with E-state index in [1.807, 2.05) is 0 Å². The van der Waals surface area contributed by atoms with Crippen molar-refractivity contribution in [1.29, 1.82) is 0 Å². The van der Waals surface area contributed by atoms with Crippen LogP contribution in [0.2, 0.25) is 0 Å². The van der Waals surface area contributed by atoms with Gasteiger partial charge in [0.25, 0.3) is 0 Å². The molecule has 10 heteroatoms. The fraction of sp³-hybridized carbons (Fsp3) is 0.273. The number of allylic oxidation sites excluding steroid dienone is 5. The molecule has 1 aliphatic rings. The van der Waals surface area contributed by atoms with Crippen LogP contribution in [0.3, 0.4) is 0 Å². The zero-order valence-electron chi connectivity index (χ0n) is 17.4. The summed E-state index contributed by atoms with van der Waals surface area (Å²) < 4.78 is 46.0. The van der Waals surface area contributed by atoms with Crippen LogP contribution in [0.25, 0.3) is 5.57 Å². The minimum Gasteiger partial charge on any atom is -0.419 e. The Morgan fingerprint density at radius 2 is 1.94 bits per heavy atom. The van der Waals surface area contributed by atoms with Gasteiger partial charge >= 0.3 is 0 Å². The van der Waals surface area contributed by atoms with Gasteiger partial charge in [-0.1, -0.05) is 30.3 Å². The second-order valence-electron chi connectivity index (χ2n) is 7.22. The predicted octanol–water partition coefficient (Wildman–Crippen LogP) is 4.06. The van der Waals surface area contributed by atoms with Crippen molar-refractivity contribution in [3.05, 3.63) is 65.8 Å². The molecule has 2 heterocycles. The highest BCUT2D eigenvalue weighted by Crippen LogP contribution is 2.36. The largest absolute Gasteiger partial charge is 0.419 e. The Balaban J connectivity index is 2.14. The van der Waals surface area contributed by atoms with Gasteiger partial charge in [0.15, 0.2) is 0 Å². The fourth-order valence-corrected chi connectivity index (χ4v) is 4.88. The van der Waals surface area contributed by atoms with Crippen LogP contribution in [0.5, 0.6) is 0 Å². The van der Waals surface area contributed by atoms with Crippen molar-refractivity contribution in [3.63, 3.8) is 0 Å². The Labute approximate surface area is 191 Å². The highest BCUT2D eigenvalue weighted by atomic mass is 35.5. The maximum Gasteiger partial charge on any atom is 0.236 e. The van der Waals surface area contributed by atoms with E-state index in [2.05, 4.69) is 11.6 Å². The number of anilines is 1. The van der Waals surface area contributed by atoms with Crippen LogP contribution in [-0.2, 0) is 14.6 Å². The van der Waals surface area contributed by atoms with Gasteiger partial charge in [-0.05, 0) is 50.1 Å². The third kappa shape index (κ3) is 4.78. The Bertz CT molecular complexity index is 1180. The number of hydrogen-bond acceptors (Lipinski definition) is 6. The van der Waals surface area contributed by atoms with Crippen LogP contribution in [0, 0.1) is 11.7 Å². The fourth-order valence-electron chi connectivity index (χ4n) is 3.41. The quantitative estimate of drug-likeness (QED) is 0.474. The smallest absolute Gasteiger partial charge is 0.236 e. The molecule has 1 amide bonds. The molecule has 170 valence electrons. The lowest BCUT2D eigenvalue weighted by molar-refractivity contribution is -0.122. The van der Waals surface area contributed by atoms with Crippen molar-refractivity contribution >= 4 is 38.8 Å². The lowest BCUT2D eigenvalue weighted by Gasteiger charge is -2.30. The summed E-state index contributed by atoms with van der Waals surface area (Å²) in [7, 11) is -4.15. The predicted molar refractivity (Wildman–Crippen MR) is 120 cm³/mol. The van der Waals surface area contributed by atoms with Gasteiger partial charge in [0.1, 0.15) is 5.82 Å². The maximum absolute atomic E-state index is 13.4. The lowest BCUT2D eigenvalue weighted by atomic mass is 9.96. The van der Waals surface area contributed by atoms with Crippen LogP contribution in [0.4, 0.5) is 10.3 Å². The van der Waals surface area contributed by atoms with Crippen molar-refractivity contribution in [2.24, 2.45) is 11.7 Å². The lowest BCUT2D eigenvalue weighted by Crippen LogP contribution is -2.38. The molecular formula is C22H23ClFN3O4S. The normalized spacial score (nSPS) is 16.3. The molecule has 1 fully saturated rings. The highest BCUT2D eigenvalue weighted by Gasteiger charge is 2.34. The molecule has 1 aromatic heterocycles. The number of rotatable bonds is 7. The molecule has 0 spiro atoms. The van der Waals surface area contributed by atoms with E-state index in [-0.39, 0.29) is 32.6 Å². The molecular weight excluding hydrogens is 457 g/mol. The number of carbonyl (C=O) groups excluding carboxylic acids is 1. The van der Waals surface area contributed by atoms with Gasteiger partial charge in [0.2, 0.25) is 32.5 Å². The first kappa shape index (κ1) is 23.7. The minimum atomic E-state index is -4.15. The number of aromatic nitrogens is 1. The monoisotopic (exact) mass is 479 g/mol. The van der Waals surface area contributed by atoms with E-state index in [9.17, 15) is 17.6 Å². The second kappa shape index (κ2) is 9.70. The van der Waals surface area contributed by atoms with E-state index < -0.39 is 21.6 Å². The number of carbonyl (C=O) groups is 1. The Morgan fingerprint density at radius 1 is 1.31 bits per heavy atom. The molecule has 0 unspecified atom stereocenters. The van der Waals surface area contributed by atoms with Gasteiger partial charge in [0, 0.05) is 19.0 Å². The summed E-state index contributed by atoms with van der Waals surface area (Å²) in [5, 5.41) is -0.0822. The van der Waals surface area contributed by atoms with Crippen LogP contribution in [-0.4, -0.2) is 32.4 Å². The first-order chi connectivity index (χ1) is 15.2. The summed E-state index contributed by atoms with van der Waals surface area (Å²) in [6.07, 6.45) is 5.64. The summed E-state index contributed by atoms with van der Waals surface area (Å²) in [5.41, 5.74) is 5.77. The van der Waals surface area contributed by atoms with Crippen molar-refractivity contribution in [2.45, 2.75) is 29.7 Å². The maximum atomic E-state index is 13.4. The average molecular weight is 480 g/mol. The Hall–Kier alpha value is -2.91. The molecule has 2 aromatic rings. The summed E-state index contributed by atoms with van der Waals surface area (Å²) in [6.45, 7) is 6.11. The number of sulfone groups is 1. The van der Waals surface area contributed by atoms with E-state index >= 15 is 0 Å². The van der Waals surface area contributed by atoms with E-state index in [1.54, 1.807) is 24.0 Å². The number of halogens is 2. The average Bonchev–Trinajstić information content (AvgIpc) is 3.23. The molecule has 0 atom stereocenters. The SMILES string of the molecule is C=C/C(Cl)=C(\C=C/C)c1nc(S(=O)(=O)c2ccc(F)cc2)c(N2CCC(C(N)=O)CC2)o1. The van der Waals surface area contributed by atoms with E-state index in [0.29, 0.717) is 31.5 Å². The second-order valence-corrected chi connectivity index (χ2v) is 9.49. The van der Waals surface area contributed by atoms with Gasteiger partial charge in [-0.15, -0.1) is 0 Å². The van der Waals surface area contributed by atoms with Gasteiger partial charge in [-0.3, -0.25) is 4.79 Å². The van der Waals surface area contributed by atoms with Crippen LogP contribution in [0.15, 0.2) is 68.4 Å². The molecule has 7 nitrogen and oxygen atoms in total. The zero-order valence-corrected chi connectivity index (χ0v) is 19.0. The zero-order chi connectivity index (χ0) is 23.5. The number of benzene rings is 1. The van der Waals surface area contributed by atoms with Gasteiger partial charge < -0.3 is 15.1 Å².